The standard InChI is InChI=1S/C16H16ClFN2OS/c1-2-20(10-12-5-3-6-13(18)9-12)15(21)11-22-16-14(17)7-4-8-19-16/h3-9H,2,10-11H2,1H3. The molecule has 2 rings (SSSR count). The Hall–Kier alpha value is -1.59. The molecule has 3 nitrogen and oxygen atoms in total. The van der Waals surface area contributed by atoms with Crippen LogP contribution >= 0.6 is 23.4 Å². The summed E-state index contributed by atoms with van der Waals surface area (Å²) in [4.78, 5) is 18.1. The summed E-state index contributed by atoms with van der Waals surface area (Å²) < 4.78 is 13.2. The Morgan fingerprint density at radius 3 is 2.86 bits per heavy atom. The third kappa shape index (κ3) is 4.71. The number of hydrogen-bond donors (Lipinski definition) is 0. The van der Waals surface area contributed by atoms with Crippen LogP contribution in [0.15, 0.2) is 47.6 Å². The van der Waals surface area contributed by atoms with E-state index in [2.05, 4.69) is 4.98 Å². The van der Waals surface area contributed by atoms with Crippen molar-refractivity contribution in [2.24, 2.45) is 0 Å². The summed E-state index contributed by atoms with van der Waals surface area (Å²) in [7, 11) is 0. The summed E-state index contributed by atoms with van der Waals surface area (Å²) in [5.41, 5.74) is 0.774. The molecular weight excluding hydrogens is 323 g/mol. The van der Waals surface area contributed by atoms with Gasteiger partial charge in [0.05, 0.1) is 10.8 Å². The van der Waals surface area contributed by atoms with Gasteiger partial charge in [-0.15, -0.1) is 0 Å². The normalized spacial score (nSPS) is 10.5. The van der Waals surface area contributed by atoms with E-state index in [-0.39, 0.29) is 17.5 Å². The van der Waals surface area contributed by atoms with E-state index < -0.39 is 0 Å². The van der Waals surface area contributed by atoms with Gasteiger partial charge in [-0.05, 0) is 36.8 Å². The van der Waals surface area contributed by atoms with E-state index in [0.29, 0.717) is 23.1 Å². The molecule has 116 valence electrons. The first-order valence-electron chi connectivity index (χ1n) is 6.85. The maximum absolute atomic E-state index is 13.2. The minimum atomic E-state index is -0.296. The zero-order valence-electron chi connectivity index (χ0n) is 12.1. The van der Waals surface area contributed by atoms with E-state index in [1.165, 1.54) is 23.9 Å². The summed E-state index contributed by atoms with van der Waals surface area (Å²) >= 11 is 7.32. The molecule has 0 bridgehead atoms. The number of halogens is 2. The van der Waals surface area contributed by atoms with Crippen LogP contribution in [0.4, 0.5) is 4.39 Å². The second kappa shape index (κ2) is 8.15. The molecule has 0 saturated heterocycles. The Morgan fingerprint density at radius 2 is 2.18 bits per heavy atom. The van der Waals surface area contributed by atoms with Gasteiger partial charge in [0, 0.05) is 19.3 Å². The molecule has 0 aliphatic heterocycles. The first kappa shape index (κ1) is 16.8. The van der Waals surface area contributed by atoms with Crippen LogP contribution in [0.1, 0.15) is 12.5 Å². The molecule has 0 aliphatic rings. The summed E-state index contributed by atoms with van der Waals surface area (Å²) in [5, 5.41) is 1.17. The third-order valence-electron chi connectivity index (χ3n) is 3.05. The van der Waals surface area contributed by atoms with Gasteiger partial charge in [-0.1, -0.05) is 35.5 Å². The van der Waals surface area contributed by atoms with E-state index >= 15 is 0 Å². The minimum absolute atomic E-state index is 0.0292. The second-order valence-corrected chi connectivity index (χ2v) is 5.99. The monoisotopic (exact) mass is 338 g/mol. The van der Waals surface area contributed by atoms with Crippen molar-refractivity contribution in [3.05, 3.63) is 59.0 Å². The molecule has 0 saturated carbocycles. The van der Waals surface area contributed by atoms with Crippen molar-refractivity contribution in [2.45, 2.75) is 18.5 Å². The number of rotatable bonds is 6. The van der Waals surface area contributed by atoms with Gasteiger partial charge in [-0.3, -0.25) is 4.79 Å². The number of nitrogens with zero attached hydrogens (tertiary/aromatic N) is 2. The summed E-state index contributed by atoms with van der Waals surface area (Å²) in [6, 6.07) is 9.77. The van der Waals surface area contributed by atoms with Crippen LogP contribution < -0.4 is 0 Å². The molecule has 0 spiro atoms. The Balaban J connectivity index is 1.96. The number of hydrogen-bond acceptors (Lipinski definition) is 3. The number of aromatic nitrogens is 1. The van der Waals surface area contributed by atoms with Gasteiger partial charge >= 0.3 is 0 Å². The molecule has 1 heterocycles. The predicted octanol–water partition coefficient (Wildman–Crippen LogP) is 4.01. The first-order valence-corrected chi connectivity index (χ1v) is 8.22. The molecule has 0 aliphatic carbocycles. The number of pyridine rings is 1. The maximum atomic E-state index is 13.2. The van der Waals surface area contributed by atoms with Gasteiger partial charge in [-0.25, -0.2) is 9.37 Å². The second-order valence-electron chi connectivity index (χ2n) is 4.62. The highest BCUT2D eigenvalue weighted by atomic mass is 35.5. The number of benzene rings is 1. The highest BCUT2D eigenvalue weighted by Gasteiger charge is 2.14. The lowest BCUT2D eigenvalue weighted by Gasteiger charge is -2.21. The summed E-state index contributed by atoms with van der Waals surface area (Å²) in [5.74, 6) is -0.0750. The average molecular weight is 339 g/mol. The van der Waals surface area contributed by atoms with Crippen LogP contribution in [0.3, 0.4) is 0 Å². The van der Waals surface area contributed by atoms with Crippen LogP contribution in [0.5, 0.6) is 0 Å². The Kier molecular flexibility index (Phi) is 6.21. The van der Waals surface area contributed by atoms with Crippen molar-refractivity contribution < 1.29 is 9.18 Å². The largest absolute Gasteiger partial charge is 0.338 e. The highest BCUT2D eigenvalue weighted by molar-refractivity contribution is 8.00. The van der Waals surface area contributed by atoms with Crippen LogP contribution in [-0.2, 0) is 11.3 Å². The Labute approximate surface area is 138 Å². The van der Waals surface area contributed by atoms with Crippen LogP contribution in [0.2, 0.25) is 5.02 Å². The molecule has 0 unspecified atom stereocenters. The van der Waals surface area contributed by atoms with Crippen molar-refractivity contribution in [1.82, 2.24) is 9.88 Å². The van der Waals surface area contributed by atoms with E-state index in [4.69, 9.17) is 11.6 Å². The zero-order valence-corrected chi connectivity index (χ0v) is 13.7. The fourth-order valence-electron chi connectivity index (χ4n) is 1.93. The van der Waals surface area contributed by atoms with Crippen LogP contribution in [0, 0.1) is 5.82 Å². The SMILES string of the molecule is CCN(Cc1cccc(F)c1)C(=O)CSc1ncccc1Cl. The van der Waals surface area contributed by atoms with Crippen molar-refractivity contribution in [3.8, 4) is 0 Å². The van der Waals surface area contributed by atoms with Crippen molar-refractivity contribution in [1.29, 1.82) is 0 Å². The van der Waals surface area contributed by atoms with E-state index in [1.54, 1.807) is 29.3 Å². The number of carbonyl (C=O) groups excluding carboxylic acids is 1. The van der Waals surface area contributed by atoms with E-state index in [0.717, 1.165) is 5.56 Å². The van der Waals surface area contributed by atoms with Crippen molar-refractivity contribution in [3.63, 3.8) is 0 Å². The van der Waals surface area contributed by atoms with Crippen LogP contribution in [-0.4, -0.2) is 28.1 Å². The lowest BCUT2D eigenvalue weighted by atomic mass is 10.2. The quantitative estimate of drug-likeness (QED) is 0.746. The third-order valence-corrected chi connectivity index (χ3v) is 4.46. The smallest absolute Gasteiger partial charge is 0.233 e. The van der Waals surface area contributed by atoms with Gasteiger partial charge in [-0.2, -0.15) is 0 Å². The molecule has 22 heavy (non-hydrogen) atoms. The molecule has 0 N–H and O–H groups in total. The van der Waals surface area contributed by atoms with Gasteiger partial charge < -0.3 is 4.90 Å². The number of carbonyl (C=O) groups is 1. The lowest BCUT2D eigenvalue weighted by Crippen LogP contribution is -2.31. The lowest BCUT2D eigenvalue weighted by molar-refractivity contribution is -0.128. The topological polar surface area (TPSA) is 33.2 Å². The van der Waals surface area contributed by atoms with Crippen molar-refractivity contribution >= 4 is 29.3 Å². The maximum Gasteiger partial charge on any atom is 0.233 e. The van der Waals surface area contributed by atoms with Gasteiger partial charge in [0.25, 0.3) is 0 Å². The zero-order chi connectivity index (χ0) is 15.9. The molecule has 1 aromatic carbocycles. The first-order chi connectivity index (χ1) is 10.6. The molecule has 0 atom stereocenters. The predicted molar refractivity (Wildman–Crippen MR) is 87.5 cm³/mol. The average Bonchev–Trinajstić information content (AvgIpc) is 2.51. The van der Waals surface area contributed by atoms with Gasteiger partial charge in [0.1, 0.15) is 10.8 Å². The molecule has 0 radical (unpaired) electrons. The molecular formula is C16H16ClFN2OS. The van der Waals surface area contributed by atoms with Crippen LogP contribution in [0.25, 0.3) is 0 Å². The van der Waals surface area contributed by atoms with Crippen molar-refractivity contribution in [2.75, 3.05) is 12.3 Å². The molecule has 1 aromatic heterocycles. The number of amides is 1. The Morgan fingerprint density at radius 1 is 1.36 bits per heavy atom. The highest BCUT2D eigenvalue weighted by Crippen LogP contribution is 2.24. The van der Waals surface area contributed by atoms with Gasteiger partial charge in [0.2, 0.25) is 5.91 Å². The fourth-order valence-corrected chi connectivity index (χ4v) is 3.00. The molecule has 2 aromatic rings. The summed E-state index contributed by atoms with van der Waals surface area (Å²) in [6.07, 6.45) is 1.64. The molecule has 0 fully saturated rings. The van der Waals surface area contributed by atoms with Gasteiger partial charge in [0.15, 0.2) is 0 Å². The Bertz CT molecular complexity index is 654. The van der Waals surface area contributed by atoms with E-state index in [9.17, 15) is 9.18 Å². The molecule has 6 heteroatoms. The molecule has 1 amide bonds. The minimum Gasteiger partial charge on any atom is -0.338 e. The fraction of sp³-hybridized carbons (Fsp3) is 0.250. The number of thioether (sulfide) groups is 1. The summed E-state index contributed by atoms with van der Waals surface area (Å²) in [6.45, 7) is 2.85. The van der Waals surface area contributed by atoms with E-state index in [1.807, 2.05) is 13.0 Å².